The molecule has 17 heavy (non-hydrogen) atoms. The molecule has 0 aromatic carbocycles. The Labute approximate surface area is 107 Å². The lowest BCUT2D eigenvalue weighted by molar-refractivity contribution is 0.391. The molecule has 0 radical (unpaired) electrons. The van der Waals surface area contributed by atoms with E-state index in [0.29, 0.717) is 5.92 Å². The van der Waals surface area contributed by atoms with E-state index in [0.717, 1.165) is 29.7 Å². The highest BCUT2D eigenvalue weighted by Gasteiger charge is 2.10. The first-order chi connectivity index (χ1) is 8.09. The lowest BCUT2D eigenvalue weighted by Gasteiger charge is -2.16. The summed E-state index contributed by atoms with van der Waals surface area (Å²) in [7, 11) is 0. The van der Waals surface area contributed by atoms with Crippen molar-refractivity contribution < 1.29 is 0 Å². The van der Waals surface area contributed by atoms with E-state index >= 15 is 0 Å². The molecule has 2 rings (SSSR count). The van der Waals surface area contributed by atoms with Crippen molar-refractivity contribution in [3.05, 3.63) is 23.0 Å². The number of thiazole rings is 1. The normalized spacial score (nSPS) is 13.7. The Hall–Kier alpha value is -0.870. The van der Waals surface area contributed by atoms with E-state index in [2.05, 4.69) is 54.0 Å². The van der Waals surface area contributed by atoms with E-state index in [1.165, 1.54) is 5.69 Å². The minimum absolute atomic E-state index is 0.709. The molecule has 1 unspecified atom stereocenters. The number of nitrogens with one attached hydrogen (secondary N) is 1. The largest absolute Gasteiger partial charge is 0.311 e. The maximum absolute atomic E-state index is 4.55. The second kappa shape index (κ2) is 5.19. The van der Waals surface area contributed by atoms with Gasteiger partial charge in [0.2, 0.25) is 0 Å². The molecule has 2 aromatic rings. The Morgan fingerprint density at radius 1 is 1.41 bits per heavy atom. The molecule has 4 heteroatoms. The lowest BCUT2D eigenvalue weighted by Crippen LogP contribution is -2.24. The van der Waals surface area contributed by atoms with Crippen molar-refractivity contribution >= 4 is 16.3 Å². The van der Waals surface area contributed by atoms with Crippen molar-refractivity contribution in [2.75, 3.05) is 6.54 Å². The van der Waals surface area contributed by atoms with Gasteiger partial charge in [0.05, 0.1) is 11.4 Å². The van der Waals surface area contributed by atoms with E-state index in [1.54, 1.807) is 11.3 Å². The minimum Gasteiger partial charge on any atom is -0.311 e. The topological polar surface area (TPSA) is 29.3 Å². The lowest BCUT2D eigenvalue weighted by atomic mass is 9.98. The van der Waals surface area contributed by atoms with Crippen molar-refractivity contribution in [2.24, 2.45) is 11.8 Å². The molecule has 0 fully saturated rings. The molecular weight excluding hydrogens is 230 g/mol. The Kier molecular flexibility index (Phi) is 3.84. The van der Waals surface area contributed by atoms with Gasteiger partial charge in [-0.1, -0.05) is 20.8 Å². The number of aromatic nitrogens is 2. The van der Waals surface area contributed by atoms with E-state index in [9.17, 15) is 0 Å². The second-order valence-electron chi connectivity index (χ2n) is 5.05. The molecule has 94 valence electrons. The van der Waals surface area contributed by atoms with Gasteiger partial charge in [0.15, 0.2) is 4.96 Å². The number of fused-ring (bicyclic) bond motifs is 1. The van der Waals surface area contributed by atoms with Gasteiger partial charge in [0.1, 0.15) is 0 Å². The Balaban J connectivity index is 1.99. The average molecular weight is 251 g/mol. The molecule has 0 bridgehead atoms. The number of hydrogen-bond acceptors (Lipinski definition) is 3. The maximum atomic E-state index is 4.55. The quantitative estimate of drug-likeness (QED) is 0.885. The molecule has 0 saturated heterocycles. The van der Waals surface area contributed by atoms with Crippen LogP contribution in [-0.4, -0.2) is 15.9 Å². The van der Waals surface area contributed by atoms with E-state index in [1.807, 2.05) is 0 Å². The van der Waals surface area contributed by atoms with Crippen LogP contribution in [0.3, 0.4) is 0 Å². The van der Waals surface area contributed by atoms with E-state index in [-0.39, 0.29) is 0 Å². The maximum Gasteiger partial charge on any atom is 0.194 e. The summed E-state index contributed by atoms with van der Waals surface area (Å²) in [5.41, 5.74) is 2.43. The summed E-state index contributed by atoms with van der Waals surface area (Å²) in [5, 5.41) is 5.62. The van der Waals surface area contributed by atoms with Gasteiger partial charge >= 0.3 is 0 Å². The molecule has 0 aliphatic carbocycles. The first-order valence-corrected chi connectivity index (χ1v) is 7.09. The molecule has 0 amide bonds. The summed E-state index contributed by atoms with van der Waals surface area (Å²) in [6.45, 7) is 10.9. The first-order valence-electron chi connectivity index (χ1n) is 6.21. The predicted octanol–water partition coefficient (Wildman–Crippen LogP) is 3.09. The molecule has 0 aliphatic rings. The molecule has 1 N–H and O–H groups in total. The highest BCUT2D eigenvalue weighted by molar-refractivity contribution is 7.15. The zero-order valence-corrected chi connectivity index (χ0v) is 11.8. The van der Waals surface area contributed by atoms with Gasteiger partial charge in [-0.2, -0.15) is 0 Å². The van der Waals surface area contributed by atoms with Crippen LogP contribution in [0.2, 0.25) is 0 Å². The fraction of sp³-hybridized carbons (Fsp3) is 0.615. The first kappa shape index (κ1) is 12.6. The van der Waals surface area contributed by atoms with E-state index in [4.69, 9.17) is 0 Å². The van der Waals surface area contributed by atoms with Crippen molar-refractivity contribution in [1.82, 2.24) is 14.7 Å². The molecule has 2 aromatic heterocycles. The number of hydrogen-bond donors (Lipinski definition) is 1. The smallest absolute Gasteiger partial charge is 0.194 e. The van der Waals surface area contributed by atoms with Crippen molar-refractivity contribution in [3.8, 4) is 0 Å². The zero-order valence-electron chi connectivity index (χ0n) is 11.0. The minimum atomic E-state index is 0.709. The molecule has 0 saturated carbocycles. The van der Waals surface area contributed by atoms with Crippen LogP contribution in [0.15, 0.2) is 11.6 Å². The SMILES string of the molecule is Cc1nc2sccn2c1CNCC(C)C(C)C. The fourth-order valence-corrected chi connectivity index (χ4v) is 2.59. The van der Waals surface area contributed by atoms with Gasteiger partial charge in [0.25, 0.3) is 0 Å². The summed E-state index contributed by atoms with van der Waals surface area (Å²) in [4.78, 5) is 5.64. The van der Waals surface area contributed by atoms with Crippen molar-refractivity contribution in [3.63, 3.8) is 0 Å². The monoisotopic (exact) mass is 251 g/mol. The van der Waals surface area contributed by atoms with Crippen LogP contribution in [0.1, 0.15) is 32.2 Å². The molecule has 0 spiro atoms. The van der Waals surface area contributed by atoms with Crippen LogP contribution in [0.25, 0.3) is 4.96 Å². The summed E-state index contributed by atoms with van der Waals surface area (Å²) < 4.78 is 2.19. The summed E-state index contributed by atoms with van der Waals surface area (Å²) in [5.74, 6) is 1.44. The molecular formula is C13H21N3S. The van der Waals surface area contributed by atoms with Crippen LogP contribution in [0.5, 0.6) is 0 Å². The average Bonchev–Trinajstić information content (AvgIpc) is 2.80. The zero-order chi connectivity index (χ0) is 12.4. The summed E-state index contributed by atoms with van der Waals surface area (Å²) in [6, 6.07) is 0. The third-order valence-electron chi connectivity index (χ3n) is 3.46. The van der Waals surface area contributed by atoms with Crippen LogP contribution in [0.4, 0.5) is 0 Å². The van der Waals surface area contributed by atoms with Gasteiger partial charge in [-0.15, -0.1) is 11.3 Å². The van der Waals surface area contributed by atoms with E-state index < -0.39 is 0 Å². The second-order valence-corrected chi connectivity index (χ2v) is 5.92. The van der Waals surface area contributed by atoms with Crippen molar-refractivity contribution in [1.29, 1.82) is 0 Å². The highest BCUT2D eigenvalue weighted by atomic mass is 32.1. The van der Waals surface area contributed by atoms with Gasteiger partial charge in [-0.05, 0) is 25.3 Å². The van der Waals surface area contributed by atoms with Crippen LogP contribution in [0, 0.1) is 18.8 Å². The number of nitrogens with zero attached hydrogens (tertiary/aromatic N) is 2. The van der Waals surface area contributed by atoms with Gasteiger partial charge in [-0.3, -0.25) is 4.40 Å². The standard InChI is InChI=1S/C13H21N3S/c1-9(2)10(3)7-14-8-12-11(4)15-13-16(12)5-6-17-13/h5-6,9-10,14H,7-8H2,1-4H3. The van der Waals surface area contributed by atoms with Crippen molar-refractivity contribution in [2.45, 2.75) is 34.2 Å². The number of imidazole rings is 1. The Morgan fingerprint density at radius 3 is 2.88 bits per heavy atom. The molecule has 0 aliphatic heterocycles. The highest BCUT2D eigenvalue weighted by Crippen LogP contribution is 2.16. The van der Waals surface area contributed by atoms with Gasteiger partial charge in [0, 0.05) is 18.1 Å². The molecule has 3 nitrogen and oxygen atoms in total. The number of aryl methyl sites for hydroxylation is 1. The van der Waals surface area contributed by atoms with Gasteiger partial charge < -0.3 is 5.32 Å². The predicted molar refractivity (Wildman–Crippen MR) is 73.5 cm³/mol. The molecule has 2 heterocycles. The summed E-state index contributed by atoms with van der Waals surface area (Å²) >= 11 is 1.69. The number of rotatable bonds is 5. The Morgan fingerprint density at radius 2 is 2.18 bits per heavy atom. The fourth-order valence-electron chi connectivity index (χ4n) is 1.81. The van der Waals surface area contributed by atoms with Crippen LogP contribution in [-0.2, 0) is 6.54 Å². The van der Waals surface area contributed by atoms with Crippen LogP contribution >= 0.6 is 11.3 Å². The Bertz CT molecular complexity index is 484. The molecule has 1 atom stereocenters. The third kappa shape index (κ3) is 2.69. The summed E-state index contributed by atoms with van der Waals surface area (Å²) in [6.07, 6.45) is 2.10. The third-order valence-corrected chi connectivity index (χ3v) is 4.21. The van der Waals surface area contributed by atoms with Crippen LogP contribution < -0.4 is 5.32 Å². The van der Waals surface area contributed by atoms with Gasteiger partial charge in [-0.25, -0.2) is 4.98 Å².